The molecule has 2 aromatic carbocycles. The van der Waals surface area contributed by atoms with Gasteiger partial charge in [0.25, 0.3) is 0 Å². The second-order valence-electron chi connectivity index (χ2n) is 10.9. The summed E-state index contributed by atoms with van der Waals surface area (Å²) in [6.45, 7) is 7.03. The highest BCUT2D eigenvalue weighted by Gasteiger charge is 2.27. The molecule has 0 radical (unpaired) electrons. The maximum Gasteiger partial charge on any atom is 0.437 e. The molecule has 1 amide bonds. The minimum atomic E-state index is -0.792. The summed E-state index contributed by atoms with van der Waals surface area (Å²) in [4.78, 5) is 43.8. The summed E-state index contributed by atoms with van der Waals surface area (Å²) >= 11 is 1.58. The molecule has 0 aliphatic rings. The van der Waals surface area contributed by atoms with Gasteiger partial charge >= 0.3 is 12.1 Å². The van der Waals surface area contributed by atoms with Gasteiger partial charge in [-0.2, -0.15) is 16.9 Å². The van der Waals surface area contributed by atoms with Gasteiger partial charge in [0.2, 0.25) is 5.91 Å². The van der Waals surface area contributed by atoms with E-state index in [2.05, 4.69) is 15.7 Å². The fraction of sp³-hybridized carbons (Fsp3) is 0.387. The van der Waals surface area contributed by atoms with Crippen LogP contribution in [0, 0.1) is 6.92 Å². The highest BCUT2D eigenvalue weighted by atomic mass is 32.2. The van der Waals surface area contributed by atoms with E-state index in [0.717, 1.165) is 10.2 Å². The number of carbonyl (C=O) groups excluding carboxylic acids is 3. The van der Waals surface area contributed by atoms with Crippen molar-refractivity contribution in [2.75, 3.05) is 31.0 Å². The predicted molar refractivity (Wildman–Crippen MR) is 168 cm³/mol. The number of aryl methyl sites for hydroxylation is 1. The van der Waals surface area contributed by atoms with Crippen molar-refractivity contribution in [1.29, 1.82) is 0 Å². The number of hydrogen-bond donors (Lipinski definition) is 2. The van der Waals surface area contributed by atoms with Gasteiger partial charge < -0.3 is 24.8 Å². The molecule has 0 saturated carbocycles. The zero-order valence-corrected chi connectivity index (χ0v) is 26.0. The fourth-order valence-electron chi connectivity index (χ4n) is 4.46. The lowest BCUT2D eigenvalue weighted by Crippen LogP contribution is -2.46. The van der Waals surface area contributed by atoms with Crippen LogP contribution in [0.15, 0.2) is 48.5 Å². The highest BCUT2D eigenvalue weighted by Crippen LogP contribution is 2.35. The van der Waals surface area contributed by atoms with E-state index in [-0.39, 0.29) is 18.8 Å². The second kappa shape index (κ2) is 13.8. The Morgan fingerprint density at radius 1 is 1.09 bits per heavy atom. The molecular weight excluding hydrogens is 570 g/mol. The smallest absolute Gasteiger partial charge is 0.437 e. The molecule has 2 N–H and O–H groups in total. The SMILES string of the molecule is COc1ccc2nc3c(c(C)nn3C(=O)OCc3ccccc3)c(NCC(=O)N[C@@H](CCSC)C(=O)OC(C)(C)C)c2c1. The minimum absolute atomic E-state index is 0.0749. The lowest BCUT2D eigenvalue weighted by Gasteiger charge is -2.24. The van der Waals surface area contributed by atoms with Gasteiger partial charge in [-0.25, -0.2) is 14.6 Å². The van der Waals surface area contributed by atoms with Crippen LogP contribution in [0.5, 0.6) is 5.75 Å². The summed E-state index contributed by atoms with van der Waals surface area (Å²) in [6, 6.07) is 13.9. The number of fused-ring (bicyclic) bond motifs is 2. The highest BCUT2D eigenvalue weighted by molar-refractivity contribution is 7.98. The molecule has 11 nitrogen and oxygen atoms in total. The number of nitrogens with one attached hydrogen (secondary N) is 2. The molecule has 0 spiro atoms. The fourth-order valence-corrected chi connectivity index (χ4v) is 4.93. The van der Waals surface area contributed by atoms with E-state index in [9.17, 15) is 14.4 Å². The van der Waals surface area contributed by atoms with Crippen LogP contribution >= 0.6 is 11.8 Å². The number of amides is 1. The maximum absolute atomic E-state index is 13.2. The van der Waals surface area contributed by atoms with Crippen LogP contribution in [-0.4, -0.2) is 70.0 Å². The van der Waals surface area contributed by atoms with Crippen molar-refractivity contribution in [3.8, 4) is 5.75 Å². The van der Waals surface area contributed by atoms with E-state index < -0.39 is 29.6 Å². The Balaban J connectivity index is 1.64. The molecule has 4 rings (SSSR count). The number of esters is 1. The molecule has 228 valence electrons. The van der Waals surface area contributed by atoms with Gasteiger partial charge in [0, 0.05) is 5.39 Å². The van der Waals surface area contributed by atoms with Crippen molar-refractivity contribution in [3.05, 3.63) is 59.8 Å². The van der Waals surface area contributed by atoms with Crippen LogP contribution in [-0.2, 0) is 25.7 Å². The first kappa shape index (κ1) is 31.6. The quantitative estimate of drug-likeness (QED) is 0.222. The Morgan fingerprint density at radius 3 is 2.51 bits per heavy atom. The van der Waals surface area contributed by atoms with Crippen LogP contribution in [0.3, 0.4) is 0 Å². The maximum atomic E-state index is 13.2. The number of aromatic nitrogens is 3. The van der Waals surface area contributed by atoms with Gasteiger partial charge in [-0.15, -0.1) is 4.68 Å². The minimum Gasteiger partial charge on any atom is -0.497 e. The molecule has 0 bridgehead atoms. The topological polar surface area (TPSA) is 134 Å². The normalized spacial score (nSPS) is 12.1. The van der Waals surface area contributed by atoms with Gasteiger partial charge in [0.15, 0.2) is 5.65 Å². The summed E-state index contributed by atoms with van der Waals surface area (Å²) in [5.74, 6) is 0.384. The molecule has 2 aromatic heterocycles. The summed E-state index contributed by atoms with van der Waals surface area (Å²) in [5, 5.41) is 11.7. The number of methoxy groups -OCH3 is 1. The first-order valence-electron chi connectivity index (χ1n) is 13.8. The van der Waals surface area contributed by atoms with E-state index >= 15 is 0 Å². The molecule has 0 fully saturated rings. The third-order valence-corrected chi connectivity index (χ3v) is 7.07. The third kappa shape index (κ3) is 7.95. The van der Waals surface area contributed by atoms with Gasteiger partial charge in [-0.3, -0.25) is 4.79 Å². The van der Waals surface area contributed by atoms with Crippen molar-refractivity contribution in [2.24, 2.45) is 0 Å². The van der Waals surface area contributed by atoms with E-state index in [1.165, 1.54) is 0 Å². The Hall–Kier alpha value is -4.32. The number of pyridine rings is 1. The van der Waals surface area contributed by atoms with E-state index in [1.807, 2.05) is 36.6 Å². The molecule has 0 saturated heterocycles. The monoisotopic (exact) mass is 607 g/mol. The van der Waals surface area contributed by atoms with E-state index in [1.54, 1.807) is 64.8 Å². The molecular formula is C31H37N5O6S. The molecule has 1 atom stereocenters. The molecule has 0 aliphatic carbocycles. The number of carbonyl (C=O) groups is 3. The number of anilines is 1. The van der Waals surface area contributed by atoms with Crippen LogP contribution in [0.4, 0.5) is 10.5 Å². The standard InChI is InChI=1S/C31H37N5O6S/c1-19-26-27(32-17-25(37)33-24(14-15-43-6)29(38)42-31(2,3)4)22-16-21(40-5)12-13-23(22)34-28(26)36(35-19)30(39)41-18-20-10-8-7-9-11-20/h7-13,16,24H,14-15,17-18H2,1-6H3,(H,32,34)(H,33,37)/t24-/m0/s1. The van der Waals surface area contributed by atoms with Crippen molar-refractivity contribution >= 4 is 57.4 Å². The summed E-state index contributed by atoms with van der Waals surface area (Å²) in [6.07, 6.45) is 1.68. The Labute approximate surface area is 254 Å². The van der Waals surface area contributed by atoms with Crippen molar-refractivity contribution in [3.63, 3.8) is 0 Å². The average Bonchev–Trinajstić information content (AvgIpc) is 3.31. The van der Waals surface area contributed by atoms with Crippen molar-refractivity contribution < 1.29 is 28.6 Å². The third-order valence-electron chi connectivity index (χ3n) is 6.43. The zero-order valence-electron chi connectivity index (χ0n) is 25.2. The largest absolute Gasteiger partial charge is 0.497 e. The van der Waals surface area contributed by atoms with Crippen LogP contribution in [0.2, 0.25) is 0 Å². The molecule has 4 aromatic rings. The molecule has 0 aliphatic heterocycles. The number of ether oxygens (including phenoxy) is 3. The Morgan fingerprint density at radius 2 is 1.84 bits per heavy atom. The Bertz CT molecular complexity index is 1620. The van der Waals surface area contributed by atoms with Crippen LogP contribution in [0.1, 0.15) is 38.4 Å². The summed E-state index contributed by atoms with van der Waals surface area (Å²) < 4.78 is 17.6. The lowest BCUT2D eigenvalue weighted by molar-refractivity contribution is -0.158. The second-order valence-corrected chi connectivity index (χ2v) is 11.9. The Kier molecular flexibility index (Phi) is 10.1. The number of thioether (sulfide) groups is 1. The zero-order chi connectivity index (χ0) is 31.1. The molecule has 2 heterocycles. The van der Waals surface area contributed by atoms with Gasteiger partial charge in [0.1, 0.15) is 24.0 Å². The van der Waals surface area contributed by atoms with E-state index in [0.29, 0.717) is 45.6 Å². The van der Waals surface area contributed by atoms with Gasteiger partial charge in [0.05, 0.1) is 35.9 Å². The first-order chi connectivity index (χ1) is 20.5. The van der Waals surface area contributed by atoms with Crippen molar-refractivity contribution in [1.82, 2.24) is 20.1 Å². The van der Waals surface area contributed by atoms with Crippen LogP contribution in [0.25, 0.3) is 21.9 Å². The van der Waals surface area contributed by atoms with Crippen LogP contribution < -0.4 is 15.4 Å². The number of benzene rings is 2. The summed E-state index contributed by atoms with van der Waals surface area (Å²) in [5.41, 5.74) is 2.05. The number of rotatable bonds is 11. The molecule has 43 heavy (non-hydrogen) atoms. The average molecular weight is 608 g/mol. The molecule has 12 heteroatoms. The van der Waals surface area contributed by atoms with E-state index in [4.69, 9.17) is 19.2 Å². The first-order valence-corrected chi connectivity index (χ1v) is 15.2. The molecule has 0 unspecified atom stereocenters. The predicted octanol–water partition coefficient (Wildman–Crippen LogP) is 5.08. The number of hydrogen-bond acceptors (Lipinski definition) is 10. The summed E-state index contributed by atoms with van der Waals surface area (Å²) in [7, 11) is 1.56. The van der Waals surface area contributed by atoms with Gasteiger partial charge in [-0.1, -0.05) is 30.3 Å². The lowest BCUT2D eigenvalue weighted by atomic mass is 10.1. The number of nitrogens with zero attached hydrogens (tertiary/aromatic N) is 3. The van der Waals surface area contributed by atoms with Gasteiger partial charge in [-0.05, 0) is 69.9 Å². The van der Waals surface area contributed by atoms with Crippen molar-refractivity contribution in [2.45, 2.75) is 52.4 Å².